The van der Waals surface area contributed by atoms with E-state index in [0.29, 0.717) is 12.1 Å². The summed E-state index contributed by atoms with van der Waals surface area (Å²) in [5.41, 5.74) is 1.68. The highest BCUT2D eigenvalue weighted by Gasteiger charge is 2.28. The quantitative estimate of drug-likeness (QED) is 0.864. The van der Waals surface area contributed by atoms with Crippen molar-refractivity contribution in [3.05, 3.63) is 84.0 Å². The lowest BCUT2D eigenvalue weighted by atomic mass is 10.1. The maximum atomic E-state index is 13.0. The molecule has 1 unspecified atom stereocenters. The van der Waals surface area contributed by atoms with Crippen LogP contribution < -0.4 is 0 Å². The highest BCUT2D eigenvalue weighted by atomic mass is 19.1. The summed E-state index contributed by atoms with van der Waals surface area (Å²) in [4.78, 5) is 14.1. The van der Waals surface area contributed by atoms with Crippen molar-refractivity contribution in [2.75, 3.05) is 0 Å². The van der Waals surface area contributed by atoms with Gasteiger partial charge >= 0.3 is 0 Å². The van der Waals surface area contributed by atoms with E-state index in [1.54, 1.807) is 23.2 Å². The lowest BCUT2D eigenvalue weighted by Gasteiger charge is -2.28. The molecule has 0 saturated carbocycles. The molecule has 3 rings (SSSR count). The first-order valence-electron chi connectivity index (χ1n) is 6.66. The topological polar surface area (TPSA) is 29.5 Å². The van der Waals surface area contributed by atoms with Crippen LogP contribution in [-0.4, -0.2) is 10.8 Å². The van der Waals surface area contributed by atoms with E-state index in [4.69, 9.17) is 4.74 Å². The fourth-order valence-corrected chi connectivity index (χ4v) is 2.24. The molecule has 0 spiro atoms. The van der Waals surface area contributed by atoms with Crippen LogP contribution in [0.3, 0.4) is 0 Å². The molecule has 0 aromatic heterocycles. The number of nitrogens with zero attached hydrogens (tertiary/aromatic N) is 1. The molecule has 1 aliphatic rings. The minimum absolute atomic E-state index is 0.159. The summed E-state index contributed by atoms with van der Waals surface area (Å²) >= 11 is 0. The van der Waals surface area contributed by atoms with Gasteiger partial charge in [-0.3, -0.25) is 4.79 Å². The zero-order valence-corrected chi connectivity index (χ0v) is 11.3. The number of halogens is 1. The first-order chi connectivity index (χ1) is 10.2. The second kappa shape index (κ2) is 5.79. The molecule has 21 heavy (non-hydrogen) atoms. The van der Waals surface area contributed by atoms with Gasteiger partial charge in [0, 0.05) is 11.8 Å². The molecule has 106 valence electrons. The van der Waals surface area contributed by atoms with Crippen LogP contribution in [0.1, 0.15) is 17.2 Å². The molecule has 0 radical (unpaired) electrons. The van der Waals surface area contributed by atoms with Crippen molar-refractivity contribution in [3.63, 3.8) is 0 Å². The van der Waals surface area contributed by atoms with Crippen LogP contribution in [0.25, 0.3) is 0 Å². The number of hydrogen-bond donors (Lipinski definition) is 0. The molecule has 2 aromatic carbocycles. The van der Waals surface area contributed by atoms with Gasteiger partial charge in [0.15, 0.2) is 0 Å². The molecule has 1 heterocycles. The number of benzene rings is 2. The van der Waals surface area contributed by atoms with Crippen LogP contribution in [0.2, 0.25) is 0 Å². The van der Waals surface area contributed by atoms with Gasteiger partial charge in [0.2, 0.25) is 6.10 Å². The Kier molecular flexibility index (Phi) is 3.69. The molecule has 1 aliphatic heterocycles. The molecule has 0 bridgehead atoms. The van der Waals surface area contributed by atoms with Gasteiger partial charge in [0.05, 0.1) is 6.54 Å². The SMILES string of the molecule is O=C1C(c2ccc(F)cc2)OC=CN1Cc1ccccc1. The predicted molar refractivity (Wildman–Crippen MR) is 76.4 cm³/mol. The molecular formula is C17H14FNO2. The molecule has 1 amide bonds. The largest absolute Gasteiger partial charge is 0.482 e. The molecule has 0 N–H and O–H groups in total. The maximum Gasteiger partial charge on any atom is 0.272 e. The van der Waals surface area contributed by atoms with Gasteiger partial charge < -0.3 is 9.64 Å². The monoisotopic (exact) mass is 283 g/mol. The van der Waals surface area contributed by atoms with Gasteiger partial charge in [0.1, 0.15) is 12.1 Å². The van der Waals surface area contributed by atoms with Gasteiger partial charge in [-0.25, -0.2) is 4.39 Å². The summed E-state index contributed by atoms with van der Waals surface area (Å²) in [6.45, 7) is 0.483. The summed E-state index contributed by atoms with van der Waals surface area (Å²) < 4.78 is 18.4. The number of ether oxygens (including phenoxy) is 1. The lowest BCUT2D eigenvalue weighted by Crippen LogP contribution is -2.34. The van der Waals surface area contributed by atoms with Gasteiger partial charge in [-0.2, -0.15) is 0 Å². The smallest absolute Gasteiger partial charge is 0.272 e. The Labute approximate surface area is 122 Å². The third kappa shape index (κ3) is 2.94. The van der Waals surface area contributed by atoms with Crippen LogP contribution in [0, 0.1) is 5.82 Å². The Morgan fingerprint density at radius 1 is 1.05 bits per heavy atom. The highest BCUT2D eigenvalue weighted by molar-refractivity contribution is 5.84. The van der Waals surface area contributed by atoms with Crippen LogP contribution in [0.15, 0.2) is 67.1 Å². The van der Waals surface area contributed by atoms with Crippen LogP contribution in [0.4, 0.5) is 4.39 Å². The standard InChI is InChI=1S/C17H14FNO2/c18-15-8-6-14(7-9-15)16-17(20)19(10-11-21-16)12-13-4-2-1-3-5-13/h1-11,16H,12H2. The van der Waals surface area contributed by atoms with E-state index in [1.807, 2.05) is 30.3 Å². The van der Waals surface area contributed by atoms with E-state index >= 15 is 0 Å². The molecule has 1 atom stereocenters. The minimum Gasteiger partial charge on any atom is -0.482 e. The summed E-state index contributed by atoms with van der Waals surface area (Å²) in [6, 6.07) is 15.5. The summed E-state index contributed by atoms with van der Waals surface area (Å²) in [5.74, 6) is -0.494. The molecule has 0 saturated heterocycles. The summed E-state index contributed by atoms with van der Waals surface area (Å²) in [5, 5.41) is 0. The molecule has 4 heteroatoms. The summed E-state index contributed by atoms with van der Waals surface area (Å²) in [7, 11) is 0. The van der Waals surface area contributed by atoms with Crippen molar-refractivity contribution in [1.82, 2.24) is 4.90 Å². The Morgan fingerprint density at radius 3 is 2.48 bits per heavy atom. The lowest BCUT2D eigenvalue weighted by molar-refractivity contribution is -0.141. The van der Waals surface area contributed by atoms with E-state index in [9.17, 15) is 9.18 Å². The van der Waals surface area contributed by atoms with Gasteiger partial charge in [-0.15, -0.1) is 0 Å². The van der Waals surface area contributed by atoms with Gasteiger partial charge in [-0.05, 0) is 17.7 Å². The van der Waals surface area contributed by atoms with Crippen LogP contribution in [0.5, 0.6) is 0 Å². The Morgan fingerprint density at radius 2 is 1.76 bits per heavy atom. The van der Waals surface area contributed by atoms with Crippen molar-refractivity contribution in [3.8, 4) is 0 Å². The molecule has 0 aliphatic carbocycles. The number of rotatable bonds is 3. The average Bonchev–Trinajstić information content (AvgIpc) is 2.52. The zero-order valence-electron chi connectivity index (χ0n) is 11.3. The fraction of sp³-hybridized carbons (Fsp3) is 0.118. The van der Waals surface area contributed by atoms with Crippen molar-refractivity contribution in [2.24, 2.45) is 0 Å². The minimum atomic E-state index is -0.723. The Bertz CT molecular complexity index is 652. The molecule has 2 aromatic rings. The second-order valence-corrected chi connectivity index (χ2v) is 4.80. The number of amides is 1. The first kappa shape index (κ1) is 13.4. The number of hydrogen-bond acceptors (Lipinski definition) is 2. The zero-order chi connectivity index (χ0) is 14.7. The number of carbonyl (C=O) groups is 1. The van der Waals surface area contributed by atoms with E-state index < -0.39 is 6.10 Å². The van der Waals surface area contributed by atoms with E-state index in [2.05, 4.69) is 0 Å². The van der Waals surface area contributed by atoms with Gasteiger partial charge in [-0.1, -0.05) is 42.5 Å². The molecule has 0 fully saturated rings. The highest BCUT2D eigenvalue weighted by Crippen LogP contribution is 2.25. The number of carbonyl (C=O) groups excluding carboxylic acids is 1. The third-order valence-electron chi connectivity index (χ3n) is 3.33. The Hall–Kier alpha value is -2.62. The molecular weight excluding hydrogens is 269 g/mol. The van der Waals surface area contributed by atoms with Crippen LogP contribution in [-0.2, 0) is 16.1 Å². The predicted octanol–water partition coefficient (Wildman–Crippen LogP) is 3.40. The first-order valence-corrected chi connectivity index (χ1v) is 6.66. The Balaban J connectivity index is 1.79. The average molecular weight is 283 g/mol. The van der Waals surface area contributed by atoms with Crippen molar-refractivity contribution >= 4 is 5.91 Å². The third-order valence-corrected chi connectivity index (χ3v) is 3.33. The second-order valence-electron chi connectivity index (χ2n) is 4.80. The van der Waals surface area contributed by atoms with Crippen molar-refractivity contribution < 1.29 is 13.9 Å². The van der Waals surface area contributed by atoms with E-state index in [1.165, 1.54) is 18.4 Å². The van der Waals surface area contributed by atoms with Gasteiger partial charge in [0.25, 0.3) is 5.91 Å². The van der Waals surface area contributed by atoms with E-state index in [-0.39, 0.29) is 11.7 Å². The fourth-order valence-electron chi connectivity index (χ4n) is 2.24. The van der Waals surface area contributed by atoms with Crippen molar-refractivity contribution in [2.45, 2.75) is 12.6 Å². The van der Waals surface area contributed by atoms with E-state index in [0.717, 1.165) is 5.56 Å². The normalized spacial score (nSPS) is 17.7. The van der Waals surface area contributed by atoms with Crippen molar-refractivity contribution in [1.29, 1.82) is 0 Å². The summed E-state index contributed by atoms with van der Waals surface area (Å²) in [6.07, 6.45) is 2.40. The van der Waals surface area contributed by atoms with Crippen LogP contribution >= 0.6 is 0 Å². The molecule has 3 nitrogen and oxygen atoms in total. The maximum absolute atomic E-state index is 13.0.